The van der Waals surface area contributed by atoms with Crippen molar-refractivity contribution >= 4 is 5.95 Å². The van der Waals surface area contributed by atoms with Gasteiger partial charge in [-0.15, -0.1) is 0 Å². The molecule has 1 aromatic heterocycles. The van der Waals surface area contributed by atoms with Crippen LogP contribution in [0.5, 0.6) is 5.88 Å². The molecule has 5 heteroatoms. The zero-order valence-electron chi connectivity index (χ0n) is 12.6. The van der Waals surface area contributed by atoms with Crippen molar-refractivity contribution in [3.8, 4) is 5.88 Å². The van der Waals surface area contributed by atoms with E-state index in [1.54, 1.807) is 7.11 Å². The van der Waals surface area contributed by atoms with Crippen molar-refractivity contribution in [2.45, 2.75) is 51.5 Å². The van der Waals surface area contributed by atoms with Crippen molar-refractivity contribution < 1.29 is 4.74 Å². The van der Waals surface area contributed by atoms with Crippen LogP contribution in [-0.4, -0.2) is 36.2 Å². The first-order valence-electron chi connectivity index (χ1n) is 7.65. The smallest absolute Gasteiger partial charge is 0.226 e. The summed E-state index contributed by atoms with van der Waals surface area (Å²) in [5.41, 5.74) is 0.913. The molecule has 20 heavy (non-hydrogen) atoms. The Balaban J connectivity index is 1.71. The molecule has 1 fully saturated rings. The largest absolute Gasteiger partial charge is 0.481 e. The maximum Gasteiger partial charge on any atom is 0.226 e. The summed E-state index contributed by atoms with van der Waals surface area (Å²) >= 11 is 0. The molecule has 0 spiro atoms. The second-order valence-corrected chi connectivity index (χ2v) is 5.44. The first kappa shape index (κ1) is 15.0. The summed E-state index contributed by atoms with van der Waals surface area (Å²) in [5.74, 6) is 1.25. The van der Waals surface area contributed by atoms with Crippen molar-refractivity contribution in [3.63, 3.8) is 0 Å². The minimum absolute atomic E-state index is 0.608. The Morgan fingerprint density at radius 1 is 1.15 bits per heavy atom. The molecule has 5 nitrogen and oxygen atoms in total. The van der Waals surface area contributed by atoms with Crippen molar-refractivity contribution in [2.75, 3.05) is 25.5 Å². The van der Waals surface area contributed by atoms with Crippen molar-refractivity contribution in [2.24, 2.45) is 0 Å². The van der Waals surface area contributed by atoms with Gasteiger partial charge in [-0.3, -0.25) is 0 Å². The van der Waals surface area contributed by atoms with E-state index in [-0.39, 0.29) is 0 Å². The van der Waals surface area contributed by atoms with E-state index in [4.69, 9.17) is 4.74 Å². The molecule has 1 heterocycles. The van der Waals surface area contributed by atoms with E-state index >= 15 is 0 Å². The number of aromatic nitrogens is 2. The van der Waals surface area contributed by atoms with Crippen molar-refractivity contribution in [3.05, 3.63) is 11.8 Å². The van der Waals surface area contributed by atoms with Gasteiger partial charge in [0.25, 0.3) is 0 Å². The van der Waals surface area contributed by atoms with E-state index in [9.17, 15) is 0 Å². The Hall–Kier alpha value is -1.36. The molecule has 0 aliphatic heterocycles. The minimum atomic E-state index is 0.608. The van der Waals surface area contributed by atoms with Crippen LogP contribution in [0, 0.1) is 6.92 Å². The number of methoxy groups -OCH3 is 1. The van der Waals surface area contributed by atoms with E-state index < -0.39 is 0 Å². The molecule has 1 saturated carbocycles. The molecule has 1 aromatic rings. The van der Waals surface area contributed by atoms with Gasteiger partial charge in [0.1, 0.15) is 0 Å². The molecular weight excluding hydrogens is 252 g/mol. The molecule has 0 aromatic carbocycles. The first-order valence-corrected chi connectivity index (χ1v) is 7.65. The first-order chi connectivity index (χ1) is 9.78. The summed E-state index contributed by atoms with van der Waals surface area (Å²) in [4.78, 5) is 8.63. The molecule has 112 valence electrons. The minimum Gasteiger partial charge on any atom is -0.481 e. The standard InChI is InChI=1S/C15H26N4O/c1-12-11-14(20-2)19-15(18-12)17-10-9-16-13-7-5-3-4-6-8-13/h11,13,16H,3-10H2,1-2H3,(H,17,18,19). The molecule has 0 bridgehead atoms. The molecule has 0 unspecified atom stereocenters. The zero-order valence-corrected chi connectivity index (χ0v) is 12.6. The number of aryl methyl sites for hydroxylation is 1. The molecule has 2 N–H and O–H groups in total. The maximum atomic E-state index is 5.14. The number of hydrogen-bond acceptors (Lipinski definition) is 5. The van der Waals surface area contributed by atoms with Gasteiger partial charge < -0.3 is 15.4 Å². The molecule has 0 radical (unpaired) electrons. The van der Waals surface area contributed by atoms with Crippen molar-refractivity contribution in [1.82, 2.24) is 15.3 Å². The number of hydrogen-bond donors (Lipinski definition) is 2. The normalized spacial score (nSPS) is 16.7. The van der Waals surface area contributed by atoms with Gasteiger partial charge in [0, 0.05) is 30.9 Å². The average molecular weight is 278 g/mol. The van der Waals surface area contributed by atoms with Crippen LogP contribution < -0.4 is 15.4 Å². The lowest BCUT2D eigenvalue weighted by atomic mass is 10.1. The van der Waals surface area contributed by atoms with E-state index in [1.807, 2.05) is 13.0 Å². The third kappa shape index (κ3) is 4.96. The van der Waals surface area contributed by atoms with Gasteiger partial charge in [-0.1, -0.05) is 25.7 Å². The Kier molecular flexibility index (Phi) is 6.05. The predicted octanol–water partition coefficient (Wildman–Crippen LogP) is 2.52. The summed E-state index contributed by atoms with van der Waals surface area (Å²) in [5, 5.41) is 6.88. The van der Waals surface area contributed by atoms with Crippen LogP contribution in [0.1, 0.15) is 44.2 Å². The quantitative estimate of drug-likeness (QED) is 0.618. The molecular formula is C15H26N4O. The number of anilines is 1. The SMILES string of the molecule is COc1cc(C)nc(NCCNC2CCCCCC2)n1. The third-order valence-electron chi connectivity index (χ3n) is 3.74. The summed E-state index contributed by atoms with van der Waals surface area (Å²) in [7, 11) is 1.62. The van der Waals surface area contributed by atoms with Gasteiger partial charge >= 0.3 is 0 Å². The zero-order chi connectivity index (χ0) is 14.2. The van der Waals surface area contributed by atoms with E-state index in [2.05, 4.69) is 20.6 Å². The fraction of sp³-hybridized carbons (Fsp3) is 0.733. The van der Waals surface area contributed by atoms with Crippen LogP contribution in [0.2, 0.25) is 0 Å². The maximum absolute atomic E-state index is 5.14. The number of ether oxygens (including phenoxy) is 1. The monoisotopic (exact) mass is 278 g/mol. The van der Waals surface area contributed by atoms with Crippen molar-refractivity contribution in [1.29, 1.82) is 0 Å². The highest BCUT2D eigenvalue weighted by molar-refractivity contribution is 5.30. The fourth-order valence-corrected chi connectivity index (χ4v) is 2.66. The summed E-state index contributed by atoms with van der Waals surface area (Å²) < 4.78 is 5.14. The predicted molar refractivity (Wildman–Crippen MR) is 81.3 cm³/mol. The molecule has 2 rings (SSSR count). The lowest BCUT2D eigenvalue weighted by molar-refractivity contribution is 0.397. The van der Waals surface area contributed by atoms with Crippen LogP contribution in [0.15, 0.2) is 6.07 Å². The number of nitrogens with one attached hydrogen (secondary N) is 2. The van der Waals surface area contributed by atoms with Gasteiger partial charge in [0.2, 0.25) is 11.8 Å². The van der Waals surface area contributed by atoms with Gasteiger partial charge in [0.15, 0.2) is 0 Å². The lowest BCUT2D eigenvalue weighted by Gasteiger charge is -2.16. The number of nitrogens with zero attached hydrogens (tertiary/aromatic N) is 2. The Morgan fingerprint density at radius 3 is 2.60 bits per heavy atom. The van der Waals surface area contributed by atoms with Gasteiger partial charge in [-0.25, -0.2) is 4.98 Å². The molecule has 1 aliphatic carbocycles. The average Bonchev–Trinajstić information content (AvgIpc) is 2.71. The van der Waals surface area contributed by atoms with Crippen LogP contribution in [0.25, 0.3) is 0 Å². The second kappa shape index (κ2) is 8.04. The van der Waals surface area contributed by atoms with Crippen LogP contribution >= 0.6 is 0 Å². The summed E-state index contributed by atoms with van der Waals surface area (Å²) in [6, 6.07) is 2.52. The van der Waals surface area contributed by atoms with E-state index in [0.29, 0.717) is 17.9 Å². The Labute approximate surface area is 121 Å². The van der Waals surface area contributed by atoms with E-state index in [0.717, 1.165) is 18.8 Å². The molecule has 0 amide bonds. The third-order valence-corrected chi connectivity index (χ3v) is 3.74. The number of rotatable bonds is 6. The van der Waals surface area contributed by atoms with Crippen LogP contribution in [0.4, 0.5) is 5.95 Å². The molecule has 0 atom stereocenters. The van der Waals surface area contributed by atoms with Gasteiger partial charge in [-0.2, -0.15) is 4.98 Å². The Morgan fingerprint density at radius 2 is 1.90 bits per heavy atom. The second-order valence-electron chi connectivity index (χ2n) is 5.44. The lowest BCUT2D eigenvalue weighted by Crippen LogP contribution is -2.32. The highest BCUT2D eigenvalue weighted by Gasteiger charge is 2.10. The summed E-state index contributed by atoms with van der Waals surface area (Å²) in [6.45, 7) is 3.73. The van der Waals surface area contributed by atoms with Crippen LogP contribution in [-0.2, 0) is 0 Å². The van der Waals surface area contributed by atoms with Gasteiger partial charge in [0.05, 0.1) is 7.11 Å². The van der Waals surface area contributed by atoms with Crippen LogP contribution in [0.3, 0.4) is 0 Å². The molecule has 0 saturated heterocycles. The Bertz CT molecular complexity index is 403. The van der Waals surface area contributed by atoms with Gasteiger partial charge in [-0.05, 0) is 19.8 Å². The fourth-order valence-electron chi connectivity index (χ4n) is 2.66. The molecule has 1 aliphatic rings. The summed E-state index contributed by atoms with van der Waals surface area (Å²) in [6.07, 6.45) is 8.15. The highest BCUT2D eigenvalue weighted by Crippen LogP contribution is 2.17. The topological polar surface area (TPSA) is 59.1 Å². The highest BCUT2D eigenvalue weighted by atomic mass is 16.5. The van der Waals surface area contributed by atoms with E-state index in [1.165, 1.54) is 38.5 Å².